The average Bonchev–Trinajstić information content (AvgIpc) is 3.04. The van der Waals surface area contributed by atoms with Gasteiger partial charge in [-0.15, -0.1) is 0 Å². The first-order valence-electron chi connectivity index (χ1n) is 8.47. The van der Waals surface area contributed by atoms with E-state index in [1.807, 2.05) is 4.90 Å². The Morgan fingerprint density at radius 3 is 2.45 bits per heavy atom. The van der Waals surface area contributed by atoms with Crippen LogP contribution in [0.2, 0.25) is 0 Å². The zero-order valence-electron chi connectivity index (χ0n) is 14.0. The molecule has 2 heterocycles. The van der Waals surface area contributed by atoms with Gasteiger partial charge >= 0.3 is 0 Å². The monoisotopic (exact) mass is 310 g/mol. The first-order valence-corrected chi connectivity index (χ1v) is 8.47. The molecular formula is C16H30N4O2. The number of carbonyl (C=O) groups excluding carboxylic acids is 2. The van der Waals surface area contributed by atoms with Gasteiger partial charge in [0.1, 0.15) is 0 Å². The summed E-state index contributed by atoms with van der Waals surface area (Å²) in [7, 11) is 3.58. The van der Waals surface area contributed by atoms with Gasteiger partial charge in [0.05, 0.1) is 0 Å². The number of amides is 2. The lowest BCUT2D eigenvalue weighted by molar-refractivity contribution is -0.134. The molecule has 0 saturated carbocycles. The Morgan fingerprint density at radius 1 is 1.14 bits per heavy atom. The van der Waals surface area contributed by atoms with Crippen LogP contribution in [-0.2, 0) is 9.59 Å². The van der Waals surface area contributed by atoms with Crippen LogP contribution in [0.3, 0.4) is 0 Å². The molecule has 0 spiro atoms. The van der Waals surface area contributed by atoms with E-state index in [9.17, 15) is 9.59 Å². The SMILES string of the molecule is CN(C)C(=O)CCN1CCN(C(=O)CCC2CCNC2)CC1. The second-order valence-corrected chi connectivity index (χ2v) is 6.66. The summed E-state index contributed by atoms with van der Waals surface area (Å²) in [5.74, 6) is 1.15. The van der Waals surface area contributed by atoms with Crippen molar-refractivity contribution in [3.8, 4) is 0 Å². The first-order chi connectivity index (χ1) is 10.6. The molecule has 126 valence electrons. The molecule has 0 aliphatic carbocycles. The molecule has 2 amide bonds. The van der Waals surface area contributed by atoms with E-state index in [1.165, 1.54) is 6.42 Å². The fraction of sp³-hybridized carbons (Fsp3) is 0.875. The third-order valence-electron chi connectivity index (χ3n) is 4.79. The van der Waals surface area contributed by atoms with Crippen molar-refractivity contribution < 1.29 is 9.59 Å². The van der Waals surface area contributed by atoms with Gasteiger partial charge in [-0.25, -0.2) is 0 Å². The smallest absolute Gasteiger partial charge is 0.223 e. The van der Waals surface area contributed by atoms with Gasteiger partial charge in [-0.3, -0.25) is 14.5 Å². The fourth-order valence-corrected chi connectivity index (χ4v) is 3.14. The third-order valence-corrected chi connectivity index (χ3v) is 4.79. The lowest BCUT2D eigenvalue weighted by atomic mass is 10.0. The summed E-state index contributed by atoms with van der Waals surface area (Å²) in [6.07, 6.45) is 3.48. The Labute approximate surface area is 133 Å². The highest BCUT2D eigenvalue weighted by atomic mass is 16.2. The molecule has 2 rings (SSSR count). The van der Waals surface area contributed by atoms with E-state index in [2.05, 4.69) is 10.2 Å². The minimum Gasteiger partial charge on any atom is -0.349 e. The van der Waals surface area contributed by atoms with E-state index in [0.717, 1.165) is 52.2 Å². The predicted molar refractivity (Wildman–Crippen MR) is 86.5 cm³/mol. The van der Waals surface area contributed by atoms with E-state index in [-0.39, 0.29) is 5.91 Å². The molecule has 1 N–H and O–H groups in total. The van der Waals surface area contributed by atoms with Gasteiger partial charge in [0.15, 0.2) is 0 Å². The van der Waals surface area contributed by atoms with Gasteiger partial charge in [0.2, 0.25) is 11.8 Å². The molecule has 0 radical (unpaired) electrons. The van der Waals surface area contributed by atoms with Crippen LogP contribution in [0.15, 0.2) is 0 Å². The van der Waals surface area contributed by atoms with Crippen LogP contribution in [0.25, 0.3) is 0 Å². The van der Waals surface area contributed by atoms with Crippen LogP contribution in [0.5, 0.6) is 0 Å². The summed E-state index contributed by atoms with van der Waals surface area (Å²) in [6.45, 7) is 6.35. The molecule has 0 aromatic carbocycles. The van der Waals surface area contributed by atoms with Crippen molar-refractivity contribution in [1.29, 1.82) is 0 Å². The second kappa shape index (κ2) is 8.48. The number of nitrogens with zero attached hydrogens (tertiary/aromatic N) is 3. The summed E-state index contributed by atoms with van der Waals surface area (Å²) >= 11 is 0. The van der Waals surface area contributed by atoms with E-state index >= 15 is 0 Å². The summed E-state index contributed by atoms with van der Waals surface area (Å²) < 4.78 is 0. The normalized spacial score (nSPS) is 22.8. The van der Waals surface area contributed by atoms with Crippen molar-refractivity contribution in [3.05, 3.63) is 0 Å². The van der Waals surface area contributed by atoms with Gasteiger partial charge in [0.25, 0.3) is 0 Å². The summed E-state index contributed by atoms with van der Waals surface area (Å²) in [4.78, 5) is 29.8. The highest BCUT2D eigenvalue weighted by molar-refractivity contribution is 5.76. The molecule has 6 nitrogen and oxygen atoms in total. The van der Waals surface area contributed by atoms with Crippen LogP contribution >= 0.6 is 0 Å². The zero-order chi connectivity index (χ0) is 15.9. The van der Waals surface area contributed by atoms with Crippen molar-refractivity contribution in [2.24, 2.45) is 5.92 Å². The zero-order valence-corrected chi connectivity index (χ0v) is 14.0. The van der Waals surface area contributed by atoms with Gasteiger partial charge in [-0.05, 0) is 31.8 Å². The summed E-state index contributed by atoms with van der Waals surface area (Å²) in [5, 5.41) is 3.35. The van der Waals surface area contributed by atoms with Crippen molar-refractivity contribution in [3.63, 3.8) is 0 Å². The number of rotatable bonds is 6. The van der Waals surface area contributed by atoms with Gasteiger partial charge in [-0.2, -0.15) is 0 Å². The number of piperazine rings is 1. The number of hydrogen-bond donors (Lipinski definition) is 1. The fourth-order valence-electron chi connectivity index (χ4n) is 3.14. The summed E-state index contributed by atoms with van der Waals surface area (Å²) in [6, 6.07) is 0. The Balaban J connectivity index is 1.61. The van der Waals surface area contributed by atoms with Crippen LogP contribution in [0.4, 0.5) is 0 Å². The molecule has 2 fully saturated rings. The van der Waals surface area contributed by atoms with Gasteiger partial charge in [-0.1, -0.05) is 0 Å². The first kappa shape index (κ1) is 17.2. The molecule has 2 aliphatic rings. The van der Waals surface area contributed by atoms with E-state index in [1.54, 1.807) is 19.0 Å². The Kier molecular flexibility index (Phi) is 6.64. The lowest BCUT2D eigenvalue weighted by Crippen LogP contribution is -2.49. The van der Waals surface area contributed by atoms with Crippen LogP contribution in [0, 0.1) is 5.92 Å². The van der Waals surface area contributed by atoms with E-state index < -0.39 is 0 Å². The standard InChI is InChI=1S/C16H30N4O2/c1-18(2)15(21)6-8-19-9-11-20(12-10-19)16(22)4-3-14-5-7-17-13-14/h14,17H,3-13H2,1-2H3. The van der Waals surface area contributed by atoms with E-state index in [4.69, 9.17) is 0 Å². The highest BCUT2D eigenvalue weighted by Crippen LogP contribution is 2.15. The Morgan fingerprint density at radius 2 is 1.86 bits per heavy atom. The number of carbonyl (C=O) groups is 2. The summed E-state index contributed by atoms with van der Waals surface area (Å²) in [5.41, 5.74) is 0. The van der Waals surface area contributed by atoms with E-state index in [0.29, 0.717) is 24.7 Å². The quantitative estimate of drug-likeness (QED) is 0.750. The number of nitrogens with one attached hydrogen (secondary N) is 1. The molecule has 22 heavy (non-hydrogen) atoms. The number of hydrogen-bond acceptors (Lipinski definition) is 4. The largest absolute Gasteiger partial charge is 0.349 e. The maximum absolute atomic E-state index is 12.2. The third kappa shape index (κ3) is 5.25. The molecule has 2 saturated heterocycles. The minimum absolute atomic E-state index is 0.170. The maximum atomic E-state index is 12.2. The highest BCUT2D eigenvalue weighted by Gasteiger charge is 2.23. The van der Waals surface area contributed by atoms with Crippen LogP contribution < -0.4 is 5.32 Å². The minimum atomic E-state index is 0.170. The van der Waals surface area contributed by atoms with Crippen molar-refractivity contribution >= 4 is 11.8 Å². The predicted octanol–water partition coefficient (Wildman–Crippen LogP) is -0.00140. The lowest BCUT2D eigenvalue weighted by Gasteiger charge is -2.35. The molecule has 1 atom stereocenters. The van der Waals surface area contributed by atoms with Crippen molar-refractivity contribution in [1.82, 2.24) is 20.0 Å². The van der Waals surface area contributed by atoms with Gasteiger partial charge < -0.3 is 15.1 Å². The van der Waals surface area contributed by atoms with Crippen molar-refractivity contribution in [2.75, 3.05) is 59.9 Å². The Hall–Kier alpha value is -1.14. The Bertz CT molecular complexity index is 372. The molecule has 1 unspecified atom stereocenters. The van der Waals surface area contributed by atoms with Gasteiger partial charge in [0, 0.05) is 59.7 Å². The molecule has 0 bridgehead atoms. The second-order valence-electron chi connectivity index (χ2n) is 6.66. The molecular weight excluding hydrogens is 280 g/mol. The molecule has 0 aromatic rings. The van der Waals surface area contributed by atoms with Crippen LogP contribution in [-0.4, -0.2) is 86.4 Å². The van der Waals surface area contributed by atoms with Crippen LogP contribution in [0.1, 0.15) is 25.7 Å². The maximum Gasteiger partial charge on any atom is 0.223 e. The average molecular weight is 310 g/mol. The molecule has 6 heteroatoms. The molecule has 2 aliphatic heterocycles. The topological polar surface area (TPSA) is 55.9 Å². The molecule has 0 aromatic heterocycles. The van der Waals surface area contributed by atoms with Crippen molar-refractivity contribution in [2.45, 2.75) is 25.7 Å².